The van der Waals surface area contributed by atoms with Gasteiger partial charge in [-0.1, -0.05) is 0 Å². The van der Waals surface area contributed by atoms with E-state index in [2.05, 4.69) is 37.2 Å². The molecule has 3 heterocycles. The van der Waals surface area contributed by atoms with Gasteiger partial charge in [0.05, 0.1) is 5.52 Å². The third-order valence-electron chi connectivity index (χ3n) is 3.66. The Bertz CT molecular complexity index is 651. The van der Waals surface area contributed by atoms with Gasteiger partial charge in [-0.05, 0) is 28.1 Å². The Morgan fingerprint density at radius 2 is 2.20 bits per heavy atom. The van der Waals surface area contributed by atoms with Crippen molar-refractivity contribution in [2.75, 3.05) is 32.7 Å². The summed E-state index contributed by atoms with van der Waals surface area (Å²) in [5, 5.41) is 12.6. The number of pyridine rings is 1. The Morgan fingerprint density at radius 3 is 2.95 bits per heavy atom. The number of aromatic nitrogens is 2. The summed E-state index contributed by atoms with van der Waals surface area (Å²) in [5.74, 6) is 0.955. The van der Waals surface area contributed by atoms with Crippen LogP contribution in [-0.2, 0) is 6.42 Å². The normalized spacial score (nSPS) is 16.4. The monoisotopic (exact) mass is 333 g/mol. The van der Waals surface area contributed by atoms with E-state index in [0.29, 0.717) is 5.69 Å². The number of imidazole rings is 1. The van der Waals surface area contributed by atoms with Gasteiger partial charge in [-0.2, -0.15) is 5.26 Å². The van der Waals surface area contributed by atoms with E-state index >= 15 is 0 Å². The third-order valence-corrected chi connectivity index (χ3v) is 4.30. The average Bonchev–Trinajstić information content (AvgIpc) is 2.86. The summed E-state index contributed by atoms with van der Waals surface area (Å²) in [7, 11) is 0. The van der Waals surface area contributed by atoms with Gasteiger partial charge >= 0.3 is 0 Å². The van der Waals surface area contributed by atoms with Crippen molar-refractivity contribution in [1.29, 1.82) is 5.26 Å². The fourth-order valence-corrected chi connectivity index (χ4v) is 3.14. The van der Waals surface area contributed by atoms with E-state index in [0.717, 1.165) is 55.0 Å². The van der Waals surface area contributed by atoms with Crippen LogP contribution in [0.25, 0.3) is 5.52 Å². The third kappa shape index (κ3) is 2.57. The van der Waals surface area contributed by atoms with Crippen LogP contribution in [0.4, 0.5) is 0 Å². The maximum Gasteiger partial charge on any atom is 0.167 e. The maximum absolute atomic E-state index is 9.22. The maximum atomic E-state index is 9.22. The summed E-state index contributed by atoms with van der Waals surface area (Å²) >= 11 is 3.50. The molecule has 0 radical (unpaired) electrons. The van der Waals surface area contributed by atoms with E-state index < -0.39 is 0 Å². The van der Waals surface area contributed by atoms with Crippen LogP contribution >= 0.6 is 15.9 Å². The van der Waals surface area contributed by atoms with E-state index in [1.54, 1.807) is 0 Å². The molecule has 3 rings (SSSR count). The van der Waals surface area contributed by atoms with Crippen molar-refractivity contribution in [3.05, 3.63) is 34.3 Å². The van der Waals surface area contributed by atoms with Crippen LogP contribution < -0.4 is 5.32 Å². The van der Waals surface area contributed by atoms with Crippen LogP contribution in [-0.4, -0.2) is 47.0 Å². The lowest BCUT2D eigenvalue weighted by atomic mass is 10.3. The van der Waals surface area contributed by atoms with Gasteiger partial charge < -0.3 is 14.6 Å². The van der Waals surface area contributed by atoms with Gasteiger partial charge in [0.25, 0.3) is 0 Å². The SMILES string of the molecule is N#Cc1nc(CCN2CCNCC2)n2cccc(Br)c12. The van der Waals surface area contributed by atoms with Crippen LogP contribution in [0.3, 0.4) is 0 Å². The molecule has 1 saturated heterocycles. The van der Waals surface area contributed by atoms with Crippen LogP contribution in [0.1, 0.15) is 11.5 Å². The topological polar surface area (TPSA) is 56.4 Å². The number of hydrogen-bond donors (Lipinski definition) is 1. The van der Waals surface area contributed by atoms with Crippen molar-refractivity contribution >= 4 is 21.4 Å². The fourth-order valence-electron chi connectivity index (χ4n) is 2.61. The van der Waals surface area contributed by atoms with Crippen molar-refractivity contribution in [1.82, 2.24) is 19.6 Å². The highest BCUT2D eigenvalue weighted by Crippen LogP contribution is 2.22. The number of piperazine rings is 1. The van der Waals surface area contributed by atoms with Gasteiger partial charge in [-0.25, -0.2) is 4.98 Å². The number of nitrogens with zero attached hydrogens (tertiary/aromatic N) is 4. The van der Waals surface area contributed by atoms with E-state index in [-0.39, 0.29) is 0 Å². The second-order valence-corrected chi connectivity index (χ2v) is 5.76. The highest BCUT2D eigenvalue weighted by Gasteiger charge is 2.15. The lowest BCUT2D eigenvalue weighted by molar-refractivity contribution is 0.242. The standard InChI is InChI=1S/C14H16BrN5/c15-11-2-1-6-20-13(18-12(10-16)14(11)20)3-7-19-8-4-17-5-9-19/h1-2,6,17H,3-5,7-9H2. The van der Waals surface area contributed by atoms with Gasteiger partial charge in [0, 0.05) is 49.8 Å². The van der Waals surface area contributed by atoms with Gasteiger partial charge in [-0.15, -0.1) is 0 Å². The lowest BCUT2D eigenvalue weighted by Gasteiger charge is -2.26. The van der Waals surface area contributed by atoms with Crippen molar-refractivity contribution in [2.45, 2.75) is 6.42 Å². The van der Waals surface area contributed by atoms with E-state index in [4.69, 9.17) is 0 Å². The molecule has 6 heteroatoms. The number of rotatable bonds is 3. The first kappa shape index (κ1) is 13.6. The minimum Gasteiger partial charge on any atom is -0.314 e. The molecular formula is C14H16BrN5. The molecule has 1 N–H and O–H groups in total. The molecule has 0 bridgehead atoms. The first-order chi connectivity index (χ1) is 9.79. The molecule has 2 aromatic heterocycles. The quantitative estimate of drug-likeness (QED) is 0.922. The van der Waals surface area contributed by atoms with Crippen molar-refractivity contribution in [3.63, 3.8) is 0 Å². The Hall–Kier alpha value is -1.42. The zero-order valence-corrected chi connectivity index (χ0v) is 12.7. The van der Waals surface area contributed by atoms with E-state index in [1.807, 2.05) is 22.7 Å². The highest BCUT2D eigenvalue weighted by molar-refractivity contribution is 9.10. The molecule has 0 saturated carbocycles. The summed E-state index contributed by atoms with van der Waals surface area (Å²) in [6, 6.07) is 6.09. The molecular weight excluding hydrogens is 318 g/mol. The molecule has 1 aliphatic rings. The first-order valence-electron chi connectivity index (χ1n) is 6.78. The van der Waals surface area contributed by atoms with Gasteiger partial charge in [0.1, 0.15) is 11.9 Å². The predicted molar refractivity (Wildman–Crippen MR) is 80.6 cm³/mol. The minimum absolute atomic E-state index is 0.493. The smallest absolute Gasteiger partial charge is 0.167 e. The molecule has 0 spiro atoms. The summed E-state index contributed by atoms with van der Waals surface area (Å²) in [5.41, 5.74) is 1.36. The number of hydrogen-bond acceptors (Lipinski definition) is 4. The lowest BCUT2D eigenvalue weighted by Crippen LogP contribution is -2.44. The second kappa shape index (κ2) is 5.92. The van der Waals surface area contributed by atoms with E-state index in [9.17, 15) is 5.26 Å². The predicted octanol–water partition coefficient (Wildman–Crippen LogP) is 1.42. The molecule has 0 aliphatic carbocycles. The second-order valence-electron chi connectivity index (χ2n) is 4.90. The fraction of sp³-hybridized carbons (Fsp3) is 0.429. The molecule has 0 aromatic carbocycles. The van der Waals surface area contributed by atoms with Gasteiger partial charge in [-0.3, -0.25) is 0 Å². The Kier molecular flexibility index (Phi) is 4.01. The number of nitriles is 1. The van der Waals surface area contributed by atoms with Crippen molar-refractivity contribution in [2.24, 2.45) is 0 Å². The molecule has 104 valence electrons. The summed E-state index contributed by atoms with van der Waals surface area (Å²) in [4.78, 5) is 6.91. The summed E-state index contributed by atoms with van der Waals surface area (Å²) in [6.07, 6.45) is 2.83. The summed E-state index contributed by atoms with van der Waals surface area (Å²) in [6.45, 7) is 5.25. The zero-order chi connectivity index (χ0) is 13.9. The first-order valence-corrected chi connectivity index (χ1v) is 7.57. The molecule has 2 aromatic rings. The van der Waals surface area contributed by atoms with E-state index in [1.165, 1.54) is 0 Å². The van der Waals surface area contributed by atoms with Crippen molar-refractivity contribution in [3.8, 4) is 6.07 Å². The molecule has 0 atom stereocenters. The molecule has 1 aliphatic heterocycles. The highest BCUT2D eigenvalue weighted by atomic mass is 79.9. The van der Waals surface area contributed by atoms with Crippen molar-refractivity contribution < 1.29 is 0 Å². The zero-order valence-electron chi connectivity index (χ0n) is 11.1. The number of fused-ring (bicyclic) bond motifs is 1. The van der Waals surface area contributed by atoms with Crippen LogP contribution in [0.2, 0.25) is 0 Å². The van der Waals surface area contributed by atoms with Crippen LogP contribution in [0.15, 0.2) is 22.8 Å². The molecule has 0 amide bonds. The van der Waals surface area contributed by atoms with Gasteiger partial charge in [0.15, 0.2) is 5.69 Å². The molecule has 1 fully saturated rings. The Labute approximate surface area is 126 Å². The Balaban J connectivity index is 1.84. The largest absolute Gasteiger partial charge is 0.314 e. The minimum atomic E-state index is 0.493. The van der Waals surface area contributed by atoms with Crippen LogP contribution in [0.5, 0.6) is 0 Å². The number of nitrogens with one attached hydrogen (secondary N) is 1. The summed E-state index contributed by atoms with van der Waals surface area (Å²) < 4.78 is 2.93. The average molecular weight is 334 g/mol. The Morgan fingerprint density at radius 1 is 1.40 bits per heavy atom. The molecule has 5 nitrogen and oxygen atoms in total. The molecule has 0 unspecified atom stereocenters. The molecule has 20 heavy (non-hydrogen) atoms. The van der Waals surface area contributed by atoms with Crippen LogP contribution in [0, 0.1) is 11.3 Å². The number of halogens is 1. The van der Waals surface area contributed by atoms with Gasteiger partial charge in [0.2, 0.25) is 0 Å².